The largest absolute Gasteiger partial charge is 0.481 e. The van der Waals surface area contributed by atoms with Crippen LogP contribution in [0.25, 0.3) is 0 Å². The predicted molar refractivity (Wildman–Crippen MR) is 74.9 cm³/mol. The van der Waals surface area contributed by atoms with Crippen molar-refractivity contribution in [3.05, 3.63) is 0 Å². The van der Waals surface area contributed by atoms with Crippen LogP contribution in [0, 0.1) is 24.2 Å². The molecule has 0 spiro atoms. The molecule has 1 saturated heterocycles. The standard InChI is InChI=1S/C15H22N2O3/c1-2-7-16-8-10-17(11-9-16)14(18)12-5-3-4-6-13(12)15(19)20/h1,12-13H,3-11H2,(H,19,20)/t12-,13+/m1/s1. The molecule has 1 saturated carbocycles. The summed E-state index contributed by atoms with van der Waals surface area (Å²) < 4.78 is 0. The maximum atomic E-state index is 12.5. The van der Waals surface area contributed by atoms with Gasteiger partial charge >= 0.3 is 5.97 Å². The number of piperazine rings is 1. The van der Waals surface area contributed by atoms with Crippen LogP contribution in [0.2, 0.25) is 0 Å². The van der Waals surface area contributed by atoms with Crippen LogP contribution in [0.1, 0.15) is 25.7 Å². The first kappa shape index (κ1) is 14.9. The van der Waals surface area contributed by atoms with E-state index in [9.17, 15) is 14.7 Å². The van der Waals surface area contributed by atoms with E-state index < -0.39 is 11.9 Å². The molecule has 0 unspecified atom stereocenters. The highest BCUT2D eigenvalue weighted by Gasteiger charge is 2.38. The van der Waals surface area contributed by atoms with E-state index in [1.807, 2.05) is 4.90 Å². The molecule has 2 fully saturated rings. The fraction of sp³-hybridized carbons (Fsp3) is 0.733. The molecule has 1 amide bonds. The Bertz CT molecular complexity index is 408. The van der Waals surface area contributed by atoms with Gasteiger partial charge in [-0.25, -0.2) is 0 Å². The van der Waals surface area contributed by atoms with E-state index in [1.165, 1.54) is 0 Å². The lowest BCUT2D eigenvalue weighted by Gasteiger charge is -2.37. The number of hydrogen-bond donors (Lipinski definition) is 1. The van der Waals surface area contributed by atoms with E-state index in [2.05, 4.69) is 10.8 Å². The zero-order valence-electron chi connectivity index (χ0n) is 11.8. The predicted octanol–water partition coefficient (Wildman–Crippen LogP) is 0.655. The minimum atomic E-state index is -0.825. The Morgan fingerprint density at radius 2 is 1.70 bits per heavy atom. The van der Waals surface area contributed by atoms with Crippen LogP contribution in [-0.4, -0.2) is 59.5 Å². The monoisotopic (exact) mass is 278 g/mol. The number of carboxylic acid groups (broad SMARTS) is 1. The molecular weight excluding hydrogens is 256 g/mol. The van der Waals surface area contributed by atoms with Gasteiger partial charge in [-0.15, -0.1) is 6.42 Å². The molecule has 1 aliphatic carbocycles. The van der Waals surface area contributed by atoms with Crippen molar-refractivity contribution in [2.75, 3.05) is 32.7 Å². The van der Waals surface area contributed by atoms with Crippen LogP contribution < -0.4 is 0 Å². The number of carboxylic acids is 1. The van der Waals surface area contributed by atoms with Gasteiger partial charge in [-0.05, 0) is 12.8 Å². The average Bonchev–Trinajstić information content (AvgIpc) is 2.47. The molecule has 0 aromatic rings. The van der Waals surface area contributed by atoms with Gasteiger partial charge in [0.25, 0.3) is 0 Å². The summed E-state index contributed by atoms with van der Waals surface area (Å²) in [5.41, 5.74) is 0. The summed E-state index contributed by atoms with van der Waals surface area (Å²) in [6, 6.07) is 0. The van der Waals surface area contributed by atoms with Crippen molar-refractivity contribution in [2.24, 2.45) is 11.8 Å². The number of hydrogen-bond acceptors (Lipinski definition) is 3. The summed E-state index contributed by atoms with van der Waals surface area (Å²) in [6.07, 6.45) is 8.49. The molecule has 0 aromatic heterocycles. The lowest BCUT2D eigenvalue weighted by atomic mass is 9.78. The maximum Gasteiger partial charge on any atom is 0.307 e. The van der Waals surface area contributed by atoms with Crippen LogP contribution in [0.4, 0.5) is 0 Å². The second-order valence-electron chi connectivity index (χ2n) is 5.64. The molecule has 20 heavy (non-hydrogen) atoms. The molecule has 1 aliphatic heterocycles. The van der Waals surface area contributed by atoms with E-state index in [0.29, 0.717) is 32.5 Å². The first-order valence-corrected chi connectivity index (χ1v) is 7.31. The molecule has 1 heterocycles. The zero-order chi connectivity index (χ0) is 14.5. The molecule has 1 N–H and O–H groups in total. The number of rotatable bonds is 3. The van der Waals surface area contributed by atoms with Gasteiger partial charge in [-0.1, -0.05) is 18.8 Å². The number of amides is 1. The first-order valence-electron chi connectivity index (χ1n) is 7.31. The molecule has 110 valence electrons. The molecular formula is C15H22N2O3. The van der Waals surface area contributed by atoms with Crippen molar-refractivity contribution in [3.8, 4) is 12.3 Å². The van der Waals surface area contributed by atoms with Crippen molar-refractivity contribution in [1.29, 1.82) is 0 Å². The second-order valence-corrected chi connectivity index (χ2v) is 5.64. The topological polar surface area (TPSA) is 60.9 Å². The third kappa shape index (κ3) is 3.31. The Kier molecular flexibility index (Phi) is 5.02. The molecule has 5 heteroatoms. The van der Waals surface area contributed by atoms with Crippen LogP contribution in [0.3, 0.4) is 0 Å². The molecule has 0 radical (unpaired) electrons. The van der Waals surface area contributed by atoms with Gasteiger partial charge in [0.15, 0.2) is 0 Å². The van der Waals surface area contributed by atoms with Gasteiger partial charge in [0.1, 0.15) is 0 Å². The van der Waals surface area contributed by atoms with Crippen molar-refractivity contribution in [1.82, 2.24) is 9.80 Å². The van der Waals surface area contributed by atoms with Crippen LogP contribution in [0.5, 0.6) is 0 Å². The molecule has 2 atom stereocenters. The van der Waals surface area contributed by atoms with Crippen molar-refractivity contribution in [3.63, 3.8) is 0 Å². The van der Waals surface area contributed by atoms with E-state index in [0.717, 1.165) is 25.9 Å². The molecule has 2 aliphatic rings. The number of carbonyl (C=O) groups excluding carboxylic acids is 1. The minimum Gasteiger partial charge on any atom is -0.481 e. The molecule has 2 rings (SSSR count). The van der Waals surface area contributed by atoms with Crippen molar-refractivity contribution < 1.29 is 14.7 Å². The van der Waals surface area contributed by atoms with Crippen LogP contribution >= 0.6 is 0 Å². The van der Waals surface area contributed by atoms with E-state index in [1.54, 1.807) is 0 Å². The summed E-state index contributed by atoms with van der Waals surface area (Å²) in [5.74, 6) is 0.979. The summed E-state index contributed by atoms with van der Waals surface area (Å²) in [7, 11) is 0. The van der Waals surface area contributed by atoms with Gasteiger partial charge in [-0.2, -0.15) is 0 Å². The summed E-state index contributed by atoms with van der Waals surface area (Å²) in [4.78, 5) is 27.8. The lowest BCUT2D eigenvalue weighted by molar-refractivity contribution is -0.153. The Labute approximate surface area is 119 Å². The second kappa shape index (κ2) is 6.76. The highest BCUT2D eigenvalue weighted by atomic mass is 16.4. The number of terminal acetylenes is 1. The highest BCUT2D eigenvalue weighted by molar-refractivity contribution is 5.85. The Hall–Kier alpha value is -1.54. The molecule has 0 aromatic carbocycles. The van der Waals surface area contributed by atoms with Gasteiger partial charge < -0.3 is 10.0 Å². The zero-order valence-corrected chi connectivity index (χ0v) is 11.8. The number of aliphatic carboxylic acids is 1. The Morgan fingerprint density at radius 3 is 2.25 bits per heavy atom. The van der Waals surface area contributed by atoms with Gasteiger partial charge in [0.2, 0.25) is 5.91 Å². The lowest BCUT2D eigenvalue weighted by Crippen LogP contribution is -2.52. The number of carbonyl (C=O) groups is 2. The first-order chi connectivity index (χ1) is 9.63. The maximum absolute atomic E-state index is 12.5. The van der Waals surface area contributed by atoms with Gasteiger partial charge in [0, 0.05) is 26.2 Å². The van der Waals surface area contributed by atoms with Crippen molar-refractivity contribution in [2.45, 2.75) is 25.7 Å². The van der Waals surface area contributed by atoms with Gasteiger partial charge in [-0.3, -0.25) is 14.5 Å². The van der Waals surface area contributed by atoms with E-state index in [4.69, 9.17) is 6.42 Å². The van der Waals surface area contributed by atoms with Crippen LogP contribution in [-0.2, 0) is 9.59 Å². The summed E-state index contributed by atoms with van der Waals surface area (Å²) in [6.45, 7) is 3.48. The smallest absolute Gasteiger partial charge is 0.307 e. The molecule has 5 nitrogen and oxygen atoms in total. The molecule has 0 bridgehead atoms. The van der Waals surface area contributed by atoms with Crippen molar-refractivity contribution >= 4 is 11.9 Å². The minimum absolute atomic E-state index is 0.0254. The fourth-order valence-corrected chi connectivity index (χ4v) is 3.21. The number of nitrogens with zero attached hydrogens (tertiary/aromatic N) is 2. The Balaban J connectivity index is 1.94. The Morgan fingerprint density at radius 1 is 1.10 bits per heavy atom. The third-order valence-corrected chi connectivity index (χ3v) is 4.40. The third-order valence-electron chi connectivity index (χ3n) is 4.40. The van der Waals surface area contributed by atoms with E-state index >= 15 is 0 Å². The summed E-state index contributed by atoms with van der Waals surface area (Å²) in [5, 5.41) is 9.27. The fourth-order valence-electron chi connectivity index (χ4n) is 3.21. The van der Waals surface area contributed by atoms with Gasteiger partial charge in [0.05, 0.1) is 18.4 Å². The SMILES string of the molecule is C#CCN1CCN(C(=O)[C@@H]2CCCC[C@@H]2C(=O)O)CC1. The average molecular weight is 278 g/mol. The normalized spacial score (nSPS) is 27.9. The summed E-state index contributed by atoms with van der Waals surface area (Å²) >= 11 is 0. The van der Waals surface area contributed by atoms with E-state index in [-0.39, 0.29) is 11.8 Å². The van der Waals surface area contributed by atoms with Crippen LogP contribution in [0.15, 0.2) is 0 Å². The highest BCUT2D eigenvalue weighted by Crippen LogP contribution is 2.32. The quantitative estimate of drug-likeness (QED) is 0.770.